The van der Waals surface area contributed by atoms with Crippen molar-refractivity contribution in [1.29, 1.82) is 0 Å². The smallest absolute Gasteiger partial charge is 0.336 e. The first-order chi connectivity index (χ1) is 19.4. The lowest BCUT2D eigenvalue weighted by molar-refractivity contribution is -0.136. The third-order valence-electron chi connectivity index (χ3n) is 7.58. The van der Waals surface area contributed by atoms with Crippen molar-refractivity contribution in [2.75, 3.05) is 21.3 Å². The van der Waals surface area contributed by atoms with Crippen LogP contribution in [0.25, 0.3) is 0 Å². The van der Waals surface area contributed by atoms with E-state index in [0.717, 1.165) is 22.4 Å². The number of esters is 1. The molecule has 0 saturated carbocycles. The van der Waals surface area contributed by atoms with Crippen molar-refractivity contribution < 1.29 is 28.5 Å². The summed E-state index contributed by atoms with van der Waals surface area (Å²) in [5, 5.41) is 3.38. The van der Waals surface area contributed by atoms with Gasteiger partial charge in [-0.2, -0.15) is 0 Å². The Morgan fingerprint density at radius 3 is 2.33 bits per heavy atom. The lowest BCUT2D eigenvalue weighted by atomic mass is 9.71. The lowest BCUT2D eigenvalue weighted by Gasteiger charge is -2.37. The molecule has 3 aromatic carbocycles. The molecule has 7 heteroatoms. The fourth-order valence-corrected chi connectivity index (χ4v) is 5.66. The van der Waals surface area contributed by atoms with Crippen LogP contribution < -0.4 is 19.5 Å². The highest BCUT2D eigenvalue weighted by molar-refractivity contribution is 6.04. The topological polar surface area (TPSA) is 83.1 Å². The summed E-state index contributed by atoms with van der Waals surface area (Å²) in [5.41, 5.74) is 5.23. The number of dihydropyridines is 1. The summed E-state index contributed by atoms with van der Waals surface area (Å²) in [5.74, 6) is 0.701. The van der Waals surface area contributed by atoms with Gasteiger partial charge in [-0.15, -0.1) is 0 Å². The van der Waals surface area contributed by atoms with Crippen LogP contribution in [0, 0.1) is 0 Å². The molecule has 40 heavy (non-hydrogen) atoms. The van der Waals surface area contributed by atoms with Gasteiger partial charge in [0, 0.05) is 29.0 Å². The molecule has 0 radical (unpaired) electrons. The molecule has 5 rings (SSSR count). The van der Waals surface area contributed by atoms with E-state index in [4.69, 9.17) is 18.9 Å². The van der Waals surface area contributed by atoms with E-state index < -0.39 is 11.9 Å². The van der Waals surface area contributed by atoms with E-state index in [1.165, 1.54) is 7.11 Å². The number of ketones is 1. The number of carbonyl (C=O) groups is 2. The monoisotopic (exact) mass is 539 g/mol. The number of nitrogens with one attached hydrogen (secondary N) is 1. The fourth-order valence-electron chi connectivity index (χ4n) is 5.66. The molecule has 0 spiro atoms. The second kappa shape index (κ2) is 11.7. The molecule has 3 aromatic rings. The van der Waals surface area contributed by atoms with Crippen molar-refractivity contribution in [2.24, 2.45) is 0 Å². The Bertz CT molecular complexity index is 1490. The normalized spacial score (nSPS) is 18.6. The number of hydrogen-bond donors (Lipinski definition) is 1. The second-order valence-electron chi connectivity index (χ2n) is 9.94. The van der Waals surface area contributed by atoms with Gasteiger partial charge < -0.3 is 24.3 Å². The summed E-state index contributed by atoms with van der Waals surface area (Å²) < 4.78 is 22.4. The van der Waals surface area contributed by atoms with Crippen molar-refractivity contribution in [3.63, 3.8) is 0 Å². The fraction of sp³-hybridized carbons (Fsp3) is 0.273. The molecule has 0 aromatic heterocycles. The van der Waals surface area contributed by atoms with E-state index in [2.05, 4.69) is 5.32 Å². The van der Waals surface area contributed by atoms with Gasteiger partial charge in [-0.05, 0) is 48.6 Å². The van der Waals surface area contributed by atoms with Crippen LogP contribution in [0.15, 0.2) is 95.3 Å². The molecule has 1 heterocycles. The van der Waals surface area contributed by atoms with E-state index in [1.54, 1.807) is 14.2 Å². The van der Waals surface area contributed by atoms with E-state index in [1.807, 2.05) is 79.7 Å². The minimum atomic E-state index is -0.616. The molecule has 7 nitrogen and oxygen atoms in total. The summed E-state index contributed by atoms with van der Waals surface area (Å²) >= 11 is 0. The number of para-hydroxylation sites is 1. The van der Waals surface area contributed by atoms with Crippen LogP contribution in [0.1, 0.15) is 48.3 Å². The van der Waals surface area contributed by atoms with Gasteiger partial charge in [0.05, 0.1) is 32.8 Å². The zero-order valence-electron chi connectivity index (χ0n) is 23.2. The molecule has 1 aliphatic heterocycles. The standard InChI is InChI=1S/C33H33NO6/c1-20-30(33(36)39-4)31(24-12-8-9-13-27(24)40-19-21-10-6-5-7-11-21)32-25(34-20)16-23(17-26(32)35)22-14-15-28(37-2)29(18-22)38-3/h5-15,18,23,31,34H,16-17,19H2,1-4H3/t23-,31-/m0/s1. The van der Waals surface area contributed by atoms with Crippen LogP contribution in [0.4, 0.5) is 0 Å². The number of hydrogen-bond acceptors (Lipinski definition) is 7. The van der Waals surface area contributed by atoms with E-state index in [-0.39, 0.29) is 11.7 Å². The van der Waals surface area contributed by atoms with Crippen LogP contribution >= 0.6 is 0 Å². The van der Waals surface area contributed by atoms with Crippen molar-refractivity contribution in [1.82, 2.24) is 5.32 Å². The maximum Gasteiger partial charge on any atom is 0.336 e. The quantitative estimate of drug-likeness (QED) is 0.361. The largest absolute Gasteiger partial charge is 0.493 e. The highest BCUT2D eigenvalue weighted by atomic mass is 16.5. The summed E-state index contributed by atoms with van der Waals surface area (Å²) in [4.78, 5) is 27.1. The predicted octanol–water partition coefficient (Wildman–Crippen LogP) is 5.82. The molecular formula is C33H33NO6. The maximum atomic E-state index is 14.0. The predicted molar refractivity (Wildman–Crippen MR) is 151 cm³/mol. The molecular weight excluding hydrogens is 506 g/mol. The lowest BCUT2D eigenvalue weighted by Crippen LogP contribution is -2.36. The number of allylic oxidation sites excluding steroid dienone is 3. The highest BCUT2D eigenvalue weighted by Gasteiger charge is 2.42. The van der Waals surface area contributed by atoms with Crippen LogP contribution in [-0.4, -0.2) is 33.1 Å². The van der Waals surface area contributed by atoms with Gasteiger partial charge in [-0.25, -0.2) is 4.79 Å². The number of Topliss-reactive ketones (excluding diaryl/α,β-unsaturated/α-hetero) is 1. The first-order valence-corrected chi connectivity index (χ1v) is 13.2. The number of methoxy groups -OCH3 is 3. The molecule has 1 N–H and O–H groups in total. The highest BCUT2D eigenvalue weighted by Crippen LogP contribution is 2.48. The maximum absolute atomic E-state index is 14.0. The van der Waals surface area contributed by atoms with Gasteiger partial charge in [0.25, 0.3) is 0 Å². The number of ether oxygens (including phenoxy) is 4. The molecule has 0 bridgehead atoms. The van der Waals surface area contributed by atoms with E-state index >= 15 is 0 Å². The molecule has 0 amide bonds. The third-order valence-corrected chi connectivity index (χ3v) is 7.58. The number of rotatable bonds is 8. The third kappa shape index (κ3) is 5.19. The summed E-state index contributed by atoms with van der Waals surface area (Å²) in [7, 11) is 4.55. The van der Waals surface area contributed by atoms with Gasteiger partial charge in [0.1, 0.15) is 12.4 Å². The Labute approximate surface area is 234 Å². The molecule has 206 valence electrons. The summed E-state index contributed by atoms with van der Waals surface area (Å²) in [6, 6.07) is 23.2. The average Bonchev–Trinajstić information content (AvgIpc) is 2.99. The number of carbonyl (C=O) groups excluding carboxylic acids is 2. The van der Waals surface area contributed by atoms with E-state index in [9.17, 15) is 9.59 Å². The Hall–Kier alpha value is -4.52. The number of benzene rings is 3. The Balaban J connectivity index is 1.55. The molecule has 0 unspecified atom stereocenters. The van der Waals surface area contributed by atoms with Crippen molar-refractivity contribution >= 4 is 11.8 Å². The molecule has 1 aliphatic carbocycles. The Morgan fingerprint density at radius 2 is 1.60 bits per heavy atom. The van der Waals surface area contributed by atoms with Gasteiger partial charge in [0.15, 0.2) is 17.3 Å². The SMILES string of the molecule is COC(=O)C1=C(C)NC2=C(C(=O)C[C@@H](c3ccc(OC)c(OC)c3)C2)[C@H]1c1ccccc1OCc1ccccc1. The van der Waals surface area contributed by atoms with Crippen molar-refractivity contribution in [2.45, 2.75) is 38.2 Å². The van der Waals surface area contributed by atoms with Gasteiger partial charge in [-0.3, -0.25) is 4.79 Å². The molecule has 2 atom stereocenters. The first-order valence-electron chi connectivity index (χ1n) is 13.2. The molecule has 2 aliphatic rings. The Kier molecular flexibility index (Phi) is 7.91. The minimum absolute atomic E-state index is 0.0229. The van der Waals surface area contributed by atoms with Gasteiger partial charge >= 0.3 is 5.97 Å². The van der Waals surface area contributed by atoms with Crippen molar-refractivity contribution in [3.8, 4) is 17.2 Å². The summed E-state index contributed by atoms with van der Waals surface area (Å²) in [6.07, 6.45) is 0.902. The molecule has 0 fully saturated rings. The average molecular weight is 540 g/mol. The zero-order chi connectivity index (χ0) is 28.2. The van der Waals surface area contributed by atoms with Crippen LogP contribution in [0.3, 0.4) is 0 Å². The van der Waals surface area contributed by atoms with Crippen LogP contribution in [0.5, 0.6) is 17.2 Å². The molecule has 0 saturated heterocycles. The summed E-state index contributed by atoms with van der Waals surface area (Å²) in [6.45, 7) is 2.21. The van der Waals surface area contributed by atoms with Crippen LogP contribution in [-0.2, 0) is 20.9 Å². The van der Waals surface area contributed by atoms with Gasteiger partial charge in [0.2, 0.25) is 0 Å². The second-order valence-corrected chi connectivity index (χ2v) is 9.94. The van der Waals surface area contributed by atoms with Gasteiger partial charge in [-0.1, -0.05) is 54.6 Å². The first kappa shape index (κ1) is 27.1. The van der Waals surface area contributed by atoms with E-state index in [0.29, 0.717) is 53.5 Å². The minimum Gasteiger partial charge on any atom is -0.493 e. The zero-order valence-corrected chi connectivity index (χ0v) is 23.2. The Morgan fingerprint density at radius 1 is 0.875 bits per heavy atom. The van der Waals surface area contributed by atoms with Crippen LogP contribution in [0.2, 0.25) is 0 Å². The van der Waals surface area contributed by atoms with Crippen molar-refractivity contribution in [3.05, 3.63) is 112 Å².